The van der Waals surface area contributed by atoms with Crippen molar-refractivity contribution in [2.45, 2.75) is 6.92 Å². The van der Waals surface area contributed by atoms with Gasteiger partial charge in [0, 0.05) is 14.6 Å². The van der Waals surface area contributed by atoms with Gasteiger partial charge in [0.15, 0.2) is 0 Å². The topological polar surface area (TPSA) is 55.1 Å². The predicted molar refractivity (Wildman–Crippen MR) is 85.3 cm³/mol. The Morgan fingerprint density at radius 3 is 2.40 bits per heavy atom. The molecular formula is C14H11Br2FN2O. The van der Waals surface area contributed by atoms with E-state index in [4.69, 9.17) is 5.73 Å². The van der Waals surface area contributed by atoms with Gasteiger partial charge >= 0.3 is 0 Å². The second-order valence-electron chi connectivity index (χ2n) is 4.30. The zero-order valence-corrected chi connectivity index (χ0v) is 13.7. The summed E-state index contributed by atoms with van der Waals surface area (Å²) < 4.78 is 15.1. The quantitative estimate of drug-likeness (QED) is 0.728. The van der Waals surface area contributed by atoms with E-state index < -0.39 is 11.7 Å². The molecule has 2 aromatic carbocycles. The minimum atomic E-state index is -0.615. The minimum absolute atomic E-state index is 0.0932. The Hall–Kier alpha value is -1.40. The molecule has 0 radical (unpaired) electrons. The van der Waals surface area contributed by atoms with E-state index in [1.807, 2.05) is 19.1 Å². The van der Waals surface area contributed by atoms with Gasteiger partial charge in [0.2, 0.25) is 0 Å². The van der Waals surface area contributed by atoms with Crippen LogP contribution in [0.25, 0.3) is 0 Å². The number of hydrogen-bond donors (Lipinski definition) is 2. The van der Waals surface area contributed by atoms with Crippen LogP contribution in [0.3, 0.4) is 0 Å². The molecule has 0 aliphatic carbocycles. The van der Waals surface area contributed by atoms with Gasteiger partial charge in [-0.05, 0) is 74.7 Å². The van der Waals surface area contributed by atoms with Crippen LogP contribution in [-0.2, 0) is 0 Å². The number of halogens is 3. The number of benzene rings is 2. The summed E-state index contributed by atoms with van der Waals surface area (Å²) in [4.78, 5) is 12.1. The molecule has 1 amide bonds. The van der Waals surface area contributed by atoms with Crippen molar-refractivity contribution in [2.75, 3.05) is 11.1 Å². The molecule has 3 nitrogen and oxygen atoms in total. The summed E-state index contributed by atoms with van der Waals surface area (Å²) >= 11 is 6.74. The molecule has 0 saturated carbocycles. The van der Waals surface area contributed by atoms with E-state index in [2.05, 4.69) is 37.2 Å². The van der Waals surface area contributed by atoms with Gasteiger partial charge in [0.05, 0.1) is 11.3 Å². The zero-order valence-electron chi connectivity index (χ0n) is 10.5. The second kappa shape index (κ2) is 5.93. The number of nitrogens with one attached hydrogen (secondary N) is 1. The smallest absolute Gasteiger partial charge is 0.258 e. The molecule has 2 aromatic rings. The fourth-order valence-corrected chi connectivity index (χ4v) is 3.33. The van der Waals surface area contributed by atoms with Crippen LogP contribution in [0.1, 0.15) is 15.9 Å². The standard InChI is InChI=1S/C14H11Br2FN2O/c1-7-4-10(15)13(11(16)5-7)19-14(20)9-6-8(18)2-3-12(9)17/h2-6H,18H2,1H3,(H,19,20). The molecule has 0 unspecified atom stereocenters. The number of aryl methyl sites for hydroxylation is 1. The lowest BCUT2D eigenvalue weighted by atomic mass is 10.1. The summed E-state index contributed by atoms with van der Waals surface area (Å²) in [5, 5.41) is 2.66. The van der Waals surface area contributed by atoms with Crippen LogP contribution in [0, 0.1) is 12.7 Å². The molecule has 0 heterocycles. The molecule has 0 bridgehead atoms. The van der Waals surface area contributed by atoms with Crippen LogP contribution in [0.5, 0.6) is 0 Å². The van der Waals surface area contributed by atoms with Crippen molar-refractivity contribution in [3.8, 4) is 0 Å². The van der Waals surface area contributed by atoms with Crippen LogP contribution in [0.15, 0.2) is 39.3 Å². The maximum atomic E-state index is 13.6. The van der Waals surface area contributed by atoms with Crippen LogP contribution in [0.4, 0.5) is 15.8 Å². The van der Waals surface area contributed by atoms with Crippen LogP contribution in [0.2, 0.25) is 0 Å². The van der Waals surface area contributed by atoms with Crippen molar-refractivity contribution in [3.05, 3.63) is 56.2 Å². The minimum Gasteiger partial charge on any atom is -0.399 e. The number of carbonyl (C=O) groups is 1. The van der Waals surface area contributed by atoms with E-state index in [-0.39, 0.29) is 5.56 Å². The first kappa shape index (κ1) is 15.0. The van der Waals surface area contributed by atoms with Gasteiger partial charge in [-0.3, -0.25) is 4.79 Å². The molecule has 3 N–H and O–H groups in total. The Labute approximate surface area is 132 Å². The highest BCUT2D eigenvalue weighted by atomic mass is 79.9. The molecule has 20 heavy (non-hydrogen) atoms. The molecule has 0 saturated heterocycles. The van der Waals surface area contributed by atoms with Crippen molar-refractivity contribution in [3.63, 3.8) is 0 Å². The Morgan fingerprint density at radius 2 is 1.80 bits per heavy atom. The highest BCUT2D eigenvalue weighted by molar-refractivity contribution is 9.11. The summed E-state index contributed by atoms with van der Waals surface area (Å²) in [6.07, 6.45) is 0. The lowest BCUT2D eigenvalue weighted by Gasteiger charge is -2.11. The highest BCUT2D eigenvalue weighted by Crippen LogP contribution is 2.32. The summed E-state index contributed by atoms with van der Waals surface area (Å²) in [6.45, 7) is 1.93. The molecule has 0 aromatic heterocycles. The average molecular weight is 402 g/mol. The molecule has 0 spiro atoms. The van der Waals surface area contributed by atoms with E-state index in [9.17, 15) is 9.18 Å². The summed E-state index contributed by atoms with van der Waals surface area (Å²) in [7, 11) is 0. The molecular weight excluding hydrogens is 391 g/mol. The summed E-state index contributed by atoms with van der Waals surface area (Å²) in [5.74, 6) is -1.17. The van der Waals surface area contributed by atoms with E-state index in [0.717, 1.165) is 5.56 Å². The average Bonchev–Trinajstić information content (AvgIpc) is 2.36. The van der Waals surface area contributed by atoms with Gasteiger partial charge in [0.25, 0.3) is 5.91 Å². The number of rotatable bonds is 2. The molecule has 0 aliphatic rings. The predicted octanol–water partition coefficient (Wildman–Crippen LogP) is 4.49. The van der Waals surface area contributed by atoms with E-state index in [0.29, 0.717) is 20.3 Å². The number of nitrogens with two attached hydrogens (primary N) is 1. The molecule has 0 fully saturated rings. The van der Waals surface area contributed by atoms with Crippen molar-refractivity contribution in [1.29, 1.82) is 0 Å². The first-order valence-corrected chi connectivity index (χ1v) is 7.29. The third-order valence-electron chi connectivity index (χ3n) is 2.66. The fourth-order valence-electron chi connectivity index (χ4n) is 1.72. The summed E-state index contributed by atoms with van der Waals surface area (Å²) in [5.41, 5.74) is 7.38. The van der Waals surface area contributed by atoms with E-state index >= 15 is 0 Å². The maximum absolute atomic E-state index is 13.6. The largest absolute Gasteiger partial charge is 0.399 e. The van der Waals surface area contributed by atoms with Crippen molar-refractivity contribution in [2.24, 2.45) is 0 Å². The number of carbonyl (C=O) groups excluding carboxylic acids is 1. The molecule has 0 atom stereocenters. The zero-order chi connectivity index (χ0) is 14.9. The first-order chi connectivity index (χ1) is 9.38. The van der Waals surface area contributed by atoms with E-state index in [1.54, 1.807) is 0 Å². The van der Waals surface area contributed by atoms with Gasteiger partial charge in [-0.2, -0.15) is 0 Å². The lowest BCUT2D eigenvalue weighted by Crippen LogP contribution is -2.15. The van der Waals surface area contributed by atoms with Crippen molar-refractivity contribution < 1.29 is 9.18 Å². The number of nitrogen functional groups attached to an aromatic ring is 1. The SMILES string of the molecule is Cc1cc(Br)c(NC(=O)c2cc(N)ccc2F)c(Br)c1. The highest BCUT2D eigenvalue weighted by Gasteiger charge is 2.15. The number of hydrogen-bond acceptors (Lipinski definition) is 2. The van der Waals surface area contributed by atoms with Gasteiger partial charge in [-0.15, -0.1) is 0 Å². The van der Waals surface area contributed by atoms with Gasteiger partial charge in [0.1, 0.15) is 5.82 Å². The molecule has 2 rings (SSSR count). The van der Waals surface area contributed by atoms with E-state index in [1.165, 1.54) is 18.2 Å². The fraction of sp³-hybridized carbons (Fsp3) is 0.0714. The first-order valence-electron chi connectivity index (χ1n) is 5.70. The Morgan fingerprint density at radius 1 is 1.20 bits per heavy atom. The molecule has 104 valence electrons. The van der Waals surface area contributed by atoms with Crippen molar-refractivity contribution >= 4 is 49.1 Å². The molecule has 6 heteroatoms. The summed E-state index contributed by atoms with van der Waals surface area (Å²) in [6, 6.07) is 7.60. The third-order valence-corrected chi connectivity index (χ3v) is 3.91. The molecule has 0 aliphatic heterocycles. The van der Waals surface area contributed by atoms with Crippen LogP contribution >= 0.6 is 31.9 Å². The van der Waals surface area contributed by atoms with Gasteiger partial charge in [-0.25, -0.2) is 4.39 Å². The van der Waals surface area contributed by atoms with Gasteiger partial charge < -0.3 is 11.1 Å². The lowest BCUT2D eigenvalue weighted by molar-refractivity contribution is 0.102. The number of amides is 1. The Bertz CT molecular complexity index is 666. The Balaban J connectivity index is 2.35. The van der Waals surface area contributed by atoms with Crippen LogP contribution in [-0.4, -0.2) is 5.91 Å². The maximum Gasteiger partial charge on any atom is 0.258 e. The van der Waals surface area contributed by atoms with Crippen molar-refractivity contribution in [1.82, 2.24) is 0 Å². The number of anilines is 2. The third kappa shape index (κ3) is 3.19. The van der Waals surface area contributed by atoms with Gasteiger partial charge in [-0.1, -0.05) is 0 Å². The Kier molecular flexibility index (Phi) is 4.45. The normalized spacial score (nSPS) is 10.4. The second-order valence-corrected chi connectivity index (χ2v) is 6.01. The van der Waals surface area contributed by atoms with Crippen LogP contribution < -0.4 is 11.1 Å². The monoisotopic (exact) mass is 400 g/mol.